The first-order valence-electron chi connectivity index (χ1n) is 8.98. The van der Waals surface area contributed by atoms with Crippen molar-refractivity contribution in [3.05, 3.63) is 0 Å². The molecular weight excluding hydrogens is 312 g/mol. The van der Waals surface area contributed by atoms with Gasteiger partial charge in [0, 0.05) is 37.8 Å². The van der Waals surface area contributed by atoms with E-state index in [2.05, 4.69) is 34.4 Å². The van der Waals surface area contributed by atoms with Crippen LogP contribution in [-0.4, -0.2) is 68.5 Å². The number of aliphatic imine (C=N–C) groups is 1. The molecule has 0 amide bonds. The lowest BCUT2D eigenvalue weighted by Gasteiger charge is -2.20. The smallest absolute Gasteiger partial charge is 0.191 e. The van der Waals surface area contributed by atoms with E-state index in [9.17, 15) is 8.42 Å². The number of nitrogens with zero attached hydrogens (tertiary/aromatic N) is 2. The van der Waals surface area contributed by atoms with E-state index in [1.807, 2.05) is 0 Å². The Bertz CT molecular complexity index is 544. The van der Waals surface area contributed by atoms with E-state index in [0.717, 1.165) is 37.9 Å². The predicted octanol–water partition coefficient (Wildman–Crippen LogP) is 0.601. The van der Waals surface area contributed by atoms with Gasteiger partial charge >= 0.3 is 0 Å². The molecule has 0 spiro atoms. The minimum Gasteiger partial charge on any atom is -0.357 e. The first-order chi connectivity index (χ1) is 11.0. The minimum absolute atomic E-state index is 0.181. The van der Waals surface area contributed by atoms with E-state index in [0.29, 0.717) is 30.1 Å². The van der Waals surface area contributed by atoms with E-state index in [1.165, 1.54) is 12.8 Å². The van der Waals surface area contributed by atoms with E-state index in [1.54, 1.807) is 0 Å². The van der Waals surface area contributed by atoms with Gasteiger partial charge in [0.05, 0.1) is 11.5 Å². The zero-order valence-electron chi connectivity index (χ0n) is 14.3. The summed E-state index contributed by atoms with van der Waals surface area (Å²) in [4.78, 5) is 7.26. The topological polar surface area (TPSA) is 73.8 Å². The van der Waals surface area contributed by atoms with Gasteiger partial charge in [-0.05, 0) is 45.4 Å². The van der Waals surface area contributed by atoms with Crippen molar-refractivity contribution in [2.24, 2.45) is 10.9 Å². The lowest BCUT2D eigenvalue weighted by molar-refractivity contribution is 0.256. The van der Waals surface area contributed by atoms with Crippen molar-refractivity contribution in [2.45, 2.75) is 57.7 Å². The third-order valence-electron chi connectivity index (χ3n) is 5.16. The van der Waals surface area contributed by atoms with Crippen LogP contribution in [0.3, 0.4) is 0 Å². The summed E-state index contributed by atoms with van der Waals surface area (Å²) in [7, 11) is -2.81. The van der Waals surface area contributed by atoms with E-state index in [4.69, 9.17) is 0 Å². The monoisotopic (exact) mass is 342 g/mol. The lowest BCUT2D eigenvalue weighted by atomic mass is 10.1. The van der Waals surface area contributed by atoms with Gasteiger partial charge < -0.3 is 10.6 Å². The molecule has 1 saturated carbocycles. The highest BCUT2D eigenvalue weighted by atomic mass is 32.2. The molecule has 0 aromatic heterocycles. The summed E-state index contributed by atoms with van der Waals surface area (Å²) in [5.41, 5.74) is 0. The van der Waals surface area contributed by atoms with Crippen molar-refractivity contribution in [1.82, 2.24) is 15.5 Å². The highest BCUT2D eigenvalue weighted by molar-refractivity contribution is 7.91. The summed E-state index contributed by atoms with van der Waals surface area (Å²) < 4.78 is 23.1. The van der Waals surface area contributed by atoms with Crippen LogP contribution in [0.4, 0.5) is 0 Å². The van der Waals surface area contributed by atoms with Crippen LogP contribution in [0.1, 0.15) is 39.5 Å². The third-order valence-corrected chi connectivity index (χ3v) is 7.00. The normalized spacial score (nSPS) is 34.7. The van der Waals surface area contributed by atoms with Gasteiger partial charge in [-0.1, -0.05) is 0 Å². The maximum atomic E-state index is 11.5. The summed E-state index contributed by atoms with van der Waals surface area (Å²) in [5, 5.41) is 6.85. The number of sulfone groups is 1. The summed E-state index contributed by atoms with van der Waals surface area (Å²) in [5.74, 6) is 1.65. The first-order valence-corrected chi connectivity index (χ1v) is 10.8. The zero-order chi connectivity index (χ0) is 16.4. The van der Waals surface area contributed by atoms with Crippen LogP contribution in [0.25, 0.3) is 0 Å². The Morgan fingerprint density at radius 3 is 2.70 bits per heavy atom. The molecule has 3 aliphatic rings. The number of guanidine groups is 1. The second kappa shape index (κ2) is 6.97. The van der Waals surface area contributed by atoms with Crippen molar-refractivity contribution in [1.29, 1.82) is 0 Å². The fourth-order valence-corrected chi connectivity index (χ4v) is 5.68. The van der Waals surface area contributed by atoms with Crippen LogP contribution < -0.4 is 10.6 Å². The Morgan fingerprint density at radius 1 is 1.30 bits per heavy atom. The second-order valence-corrected chi connectivity index (χ2v) is 9.57. The van der Waals surface area contributed by atoms with Gasteiger partial charge in [-0.3, -0.25) is 9.89 Å². The molecule has 3 fully saturated rings. The van der Waals surface area contributed by atoms with Crippen molar-refractivity contribution >= 4 is 15.8 Å². The van der Waals surface area contributed by atoms with E-state index >= 15 is 0 Å². The van der Waals surface area contributed by atoms with E-state index in [-0.39, 0.29) is 5.92 Å². The number of hydrogen-bond donors (Lipinski definition) is 2. The molecule has 3 atom stereocenters. The van der Waals surface area contributed by atoms with Gasteiger partial charge in [0.25, 0.3) is 0 Å². The molecule has 6 nitrogen and oxygen atoms in total. The Balaban J connectivity index is 1.53. The Kier molecular flexibility index (Phi) is 5.16. The molecule has 1 aliphatic carbocycles. The number of nitrogens with one attached hydrogen (secondary N) is 2. The Hall–Kier alpha value is -0.820. The predicted molar refractivity (Wildman–Crippen MR) is 93.5 cm³/mol. The van der Waals surface area contributed by atoms with Gasteiger partial charge in [0.1, 0.15) is 0 Å². The molecule has 23 heavy (non-hydrogen) atoms. The number of hydrogen-bond acceptors (Lipinski definition) is 4. The van der Waals surface area contributed by atoms with E-state index < -0.39 is 9.84 Å². The molecule has 2 saturated heterocycles. The van der Waals surface area contributed by atoms with Gasteiger partial charge in [-0.2, -0.15) is 0 Å². The van der Waals surface area contributed by atoms with Crippen molar-refractivity contribution in [2.75, 3.05) is 31.1 Å². The molecule has 132 valence electrons. The SMILES string of the molecule is CCNC(=NCC1CCS(=O)(=O)C1)NC1CC(C)N(C2CC2)C1. The highest BCUT2D eigenvalue weighted by Crippen LogP contribution is 2.33. The van der Waals surface area contributed by atoms with Crippen LogP contribution in [0, 0.1) is 5.92 Å². The first kappa shape index (κ1) is 17.0. The summed E-state index contributed by atoms with van der Waals surface area (Å²) in [6.45, 7) is 6.89. The van der Waals surface area contributed by atoms with Gasteiger partial charge in [0.2, 0.25) is 0 Å². The largest absolute Gasteiger partial charge is 0.357 e. The molecule has 0 bridgehead atoms. The van der Waals surface area contributed by atoms with Gasteiger partial charge in [-0.25, -0.2) is 8.42 Å². The fourth-order valence-electron chi connectivity index (χ4n) is 3.83. The maximum absolute atomic E-state index is 11.5. The molecule has 0 aromatic rings. The van der Waals surface area contributed by atoms with Crippen LogP contribution in [0.2, 0.25) is 0 Å². The van der Waals surface area contributed by atoms with Crippen LogP contribution in [-0.2, 0) is 9.84 Å². The van der Waals surface area contributed by atoms with Crippen molar-refractivity contribution < 1.29 is 8.42 Å². The van der Waals surface area contributed by atoms with Gasteiger partial charge in [-0.15, -0.1) is 0 Å². The fraction of sp³-hybridized carbons (Fsp3) is 0.938. The highest BCUT2D eigenvalue weighted by Gasteiger charge is 2.39. The molecule has 0 aromatic carbocycles. The minimum atomic E-state index is -2.81. The summed E-state index contributed by atoms with van der Waals surface area (Å²) in [6.07, 6.45) is 4.60. The maximum Gasteiger partial charge on any atom is 0.191 e. The molecule has 2 N–H and O–H groups in total. The Labute approximate surface area is 140 Å². The Morgan fingerprint density at radius 2 is 2.09 bits per heavy atom. The average molecular weight is 343 g/mol. The lowest BCUT2D eigenvalue weighted by Crippen LogP contribution is -2.45. The molecule has 3 rings (SSSR count). The molecule has 0 radical (unpaired) electrons. The third kappa shape index (κ3) is 4.59. The molecule has 2 aliphatic heterocycles. The van der Waals surface area contributed by atoms with Crippen LogP contribution in [0.5, 0.6) is 0 Å². The summed E-state index contributed by atoms with van der Waals surface area (Å²) in [6, 6.07) is 1.89. The molecular formula is C16H30N4O2S. The summed E-state index contributed by atoms with van der Waals surface area (Å²) >= 11 is 0. The molecule has 7 heteroatoms. The number of likely N-dealkylation sites (tertiary alicyclic amines) is 1. The van der Waals surface area contributed by atoms with Crippen molar-refractivity contribution in [3.63, 3.8) is 0 Å². The van der Waals surface area contributed by atoms with Crippen LogP contribution >= 0.6 is 0 Å². The average Bonchev–Trinajstić information content (AvgIpc) is 3.17. The van der Waals surface area contributed by atoms with Crippen molar-refractivity contribution in [3.8, 4) is 0 Å². The molecule has 3 unspecified atom stereocenters. The molecule has 2 heterocycles. The van der Waals surface area contributed by atoms with Crippen LogP contribution in [0.15, 0.2) is 4.99 Å². The number of rotatable bonds is 5. The standard InChI is InChI=1S/C16H30N4O2S/c1-3-17-16(18-9-13-6-7-23(21,22)11-13)19-14-8-12(2)20(10-14)15-4-5-15/h12-15H,3-11H2,1-2H3,(H2,17,18,19). The van der Waals surface area contributed by atoms with Gasteiger partial charge in [0.15, 0.2) is 15.8 Å². The second-order valence-electron chi connectivity index (χ2n) is 7.34. The zero-order valence-corrected chi connectivity index (χ0v) is 15.1. The quantitative estimate of drug-likeness (QED) is 0.565.